The molecule has 2 N–H and O–H groups in total. The Morgan fingerprint density at radius 1 is 1.33 bits per heavy atom. The van der Waals surface area contributed by atoms with Crippen LogP contribution in [0.3, 0.4) is 0 Å². The molecule has 3 heteroatoms. The van der Waals surface area contributed by atoms with Crippen LogP contribution in [0.4, 0.5) is 0 Å². The Balaban J connectivity index is 2.44. The van der Waals surface area contributed by atoms with E-state index in [1.54, 1.807) is 13.8 Å². The molecule has 0 saturated heterocycles. The Bertz CT molecular complexity index is 356. The zero-order valence-electron chi connectivity index (χ0n) is 11.9. The minimum atomic E-state index is -0.670. The number of nitrogens with one attached hydrogen (secondary N) is 1. The third-order valence-electron chi connectivity index (χ3n) is 2.60. The van der Waals surface area contributed by atoms with E-state index in [9.17, 15) is 5.11 Å². The standard InChI is InChI=1S/C15H25NO2/c1-12(2)16-11-13-6-5-7-14(10-13)18-9-8-15(3,4)17/h5-7,10,12,16-17H,8-9,11H2,1-4H3. The van der Waals surface area contributed by atoms with Crippen LogP contribution in [-0.2, 0) is 6.54 Å². The smallest absolute Gasteiger partial charge is 0.119 e. The van der Waals surface area contributed by atoms with Gasteiger partial charge in [0.15, 0.2) is 0 Å². The average molecular weight is 251 g/mol. The van der Waals surface area contributed by atoms with Crippen molar-refractivity contribution in [3.05, 3.63) is 29.8 Å². The molecule has 0 saturated carbocycles. The molecule has 0 amide bonds. The molecule has 1 rings (SSSR count). The number of benzene rings is 1. The van der Waals surface area contributed by atoms with E-state index in [2.05, 4.69) is 25.2 Å². The summed E-state index contributed by atoms with van der Waals surface area (Å²) in [6, 6.07) is 8.54. The lowest BCUT2D eigenvalue weighted by Gasteiger charge is -2.17. The molecule has 0 unspecified atom stereocenters. The van der Waals surface area contributed by atoms with Gasteiger partial charge in [0, 0.05) is 19.0 Å². The molecule has 0 fully saturated rings. The summed E-state index contributed by atoms with van der Waals surface area (Å²) in [7, 11) is 0. The van der Waals surface area contributed by atoms with Crippen LogP contribution in [0.5, 0.6) is 5.75 Å². The van der Waals surface area contributed by atoms with Crippen molar-refractivity contribution in [3.8, 4) is 5.75 Å². The van der Waals surface area contributed by atoms with Gasteiger partial charge in [0.05, 0.1) is 12.2 Å². The SMILES string of the molecule is CC(C)NCc1cccc(OCCC(C)(C)O)c1. The molecule has 1 aromatic rings. The largest absolute Gasteiger partial charge is 0.493 e. The molecule has 0 aliphatic carbocycles. The third-order valence-corrected chi connectivity index (χ3v) is 2.60. The number of aliphatic hydroxyl groups is 1. The van der Waals surface area contributed by atoms with Gasteiger partial charge in [0.1, 0.15) is 5.75 Å². The molecule has 0 radical (unpaired) electrons. The fourth-order valence-electron chi connectivity index (χ4n) is 1.49. The lowest BCUT2D eigenvalue weighted by Crippen LogP contribution is -2.22. The number of ether oxygens (including phenoxy) is 1. The van der Waals surface area contributed by atoms with E-state index < -0.39 is 5.60 Å². The predicted octanol–water partition coefficient (Wildman–Crippen LogP) is 2.72. The minimum Gasteiger partial charge on any atom is -0.493 e. The van der Waals surface area contributed by atoms with Gasteiger partial charge in [-0.1, -0.05) is 26.0 Å². The zero-order chi connectivity index (χ0) is 13.6. The summed E-state index contributed by atoms with van der Waals surface area (Å²) in [5, 5.41) is 13.0. The molecule has 0 aromatic heterocycles. The summed E-state index contributed by atoms with van der Waals surface area (Å²) in [6.07, 6.45) is 0.626. The fourth-order valence-corrected chi connectivity index (χ4v) is 1.49. The summed E-state index contributed by atoms with van der Waals surface area (Å²) in [5.74, 6) is 0.863. The van der Waals surface area contributed by atoms with Crippen LogP contribution < -0.4 is 10.1 Å². The first kappa shape index (κ1) is 15.0. The van der Waals surface area contributed by atoms with Gasteiger partial charge in [0.25, 0.3) is 0 Å². The Hall–Kier alpha value is -1.06. The second kappa shape index (κ2) is 6.76. The summed E-state index contributed by atoms with van der Waals surface area (Å²) >= 11 is 0. The monoisotopic (exact) mass is 251 g/mol. The Morgan fingerprint density at radius 3 is 2.67 bits per heavy atom. The number of hydrogen-bond donors (Lipinski definition) is 2. The lowest BCUT2D eigenvalue weighted by atomic mass is 10.1. The van der Waals surface area contributed by atoms with Gasteiger partial charge in [-0.25, -0.2) is 0 Å². The second-order valence-electron chi connectivity index (χ2n) is 5.59. The van der Waals surface area contributed by atoms with E-state index in [1.165, 1.54) is 5.56 Å². The van der Waals surface area contributed by atoms with Gasteiger partial charge in [-0.2, -0.15) is 0 Å². The van der Waals surface area contributed by atoms with E-state index >= 15 is 0 Å². The molecule has 0 aliphatic rings. The van der Waals surface area contributed by atoms with Crippen molar-refractivity contribution < 1.29 is 9.84 Å². The highest BCUT2D eigenvalue weighted by Gasteiger charge is 2.12. The summed E-state index contributed by atoms with van der Waals surface area (Å²) in [5.41, 5.74) is 0.543. The number of hydrogen-bond acceptors (Lipinski definition) is 3. The van der Waals surface area contributed by atoms with Crippen LogP contribution in [0.2, 0.25) is 0 Å². The Labute approximate surface area is 110 Å². The lowest BCUT2D eigenvalue weighted by molar-refractivity contribution is 0.0553. The van der Waals surface area contributed by atoms with Gasteiger partial charge in [-0.05, 0) is 31.5 Å². The molecule has 3 nitrogen and oxygen atoms in total. The first-order chi connectivity index (χ1) is 8.37. The molecule has 0 heterocycles. The van der Waals surface area contributed by atoms with Gasteiger partial charge < -0.3 is 15.2 Å². The Morgan fingerprint density at radius 2 is 2.06 bits per heavy atom. The maximum atomic E-state index is 9.61. The van der Waals surface area contributed by atoms with E-state index in [1.807, 2.05) is 18.2 Å². The van der Waals surface area contributed by atoms with Crippen molar-refractivity contribution in [2.45, 2.75) is 52.3 Å². The fraction of sp³-hybridized carbons (Fsp3) is 0.600. The highest BCUT2D eigenvalue weighted by atomic mass is 16.5. The van der Waals surface area contributed by atoms with Gasteiger partial charge in [-0.3, -0.25) is 0 Å². The van der Waals surface area contributed by atoms with Crippen molar-refractivity contribution in [3.63, 3.8) is 0 Å². The molecule has 0 spiro atoms. The molecule has 102 valence electrons. The molecule has 18 heavy (non-hydrogen) atoms. The molecule has 0 bridgehead atoms. The van der Waals surface area contributed by atoms with Crippen molar-refractivity contribution >= 4 is 0 Å². The normalized spacial score (nSPS) is 11.9. The highest BCUT2D eigenvalue weighted by Crippen LogP contribution is 2.15. The Kier molecular flexibility index (Phi) is 5.63. The van der Waals surface area contributed by atoms with Gasteiger partial charge >= 0.3 is 0 Å². The average Bonchev–Trinajstić information content (AvgIpc) is 2.25. The van der Waals surface area contributed by atoms with Crippen molar-refractivity contribution in [2.75, 3.05) is 6.61 Å². The van der Waals surface area contributed by atoms with E-state index in [-0.39, 0.29) is 0 Å². The zero-order valence-corrected chi connectivity index (χ0v) is 11.9. The van der Waals surface area contributed by atoms with E-state index in [0.29, 0.717) is 19.1 Å². The maximum absolute atomic E-state index is 9.61. The topological polar surface area (TPSA) is 41.5 Å². The number of rotatable bonds is 7. The highest BCUT2D eigenvalue weighted by molar-refractivity contribution is 5.28. The van der Waals surface area contributed by atoms with Crippen molar-refractivity contribution in [1.82, 2.24) is 5.32 Å². The first-order valence-electron chi connectivity index (χ1n) is 6.54. The predicted molar refractivity (Wildman–Crippen MR) is 74.8 cm³/mol. The van der Waals surface area contributed by atoms with Crippen LogP contribution in [0.1, 0.15) is 39.7 Å². The van der Waals surface area contributed by atoms with Crippen LogP contribution >= 0.6 is 0 Å². The van der Waals surface area contributed by atoms with Crippen LogP contribution in [0.25, 0.3) is 0 Å². The van der Waals surface area contributed by atoms with Crippen LogP contribution in [-0.4, -0.2) is 23.4 Å². The molecule has 1 aromatic carbocycles. The minimum absolute atomic E-state index is 0.477. The van der Waals surface area contributed by atoms with Crippen molar-refractivity contribution in [1.29, 1.82) is 0 Å². The van der Waals surface area contributed by atoms with Gasteiger partial charge in [0.2, 0.25) is 0 Å². The molecular weight excluding hydrogens is 226 g/mol. The van der Waals surface area contributed by atoms with E-state index in [4.69, 9.17) is 4.74 Å². The summed E-state index contributed by atoms with van der Waals surface area (Å²) in [6.45, 7) is 9.22. The quantitative estimate of drug-likeness (QED) is 0.783. The van der Waals surface area contributed by atoms with Gasteiger partial charge in [-0.15, -0.1) is 0 Å². The molecular formula is C15H25NO2. The molecule has 0 atom stereocenters. The first-order valence-corrected chi connectivity index (χ1v) is 6.54. The third kappa shape index (κ3) is 6.62. The van der Waals surface area contributed by atoms with Crippen molar-refractivity contribution in [2.24, 2.45) is 0 Å². The maximum Gasteiger partial charge on any atom is 0.119 e. The second-order valence-corrected chi connectivity index (χ2v) is 5.59. The summed E-state index contributed by atoms with van der Waals surface area (Å²) < 4.78 is 5.64. The summed E-state index contributed by atoms with van der Waals surface area (Å²) in [4.78, 5) is 0. The van der Waals surface area contributed by atoms with Crippen LogP contribution in [0.15, 0.2) is 24.3 Å². The molecule has 0 aliphatic heterocycles. The van der Waals surface area contributed by atoms with E-state index in [0.717, 1.165) is 12.3 Å². The van der Waals surface area contributed by atoms with Crippen LogP contribution in [0, 0.1) is 0 Å².